The average Bonchev–Trinajstić information content (AvgIpc) is 2.50. The van der Waals surface area contributed by atoms with Gasteiger partial charge in [-0.25, -0.2) is 0 Å². The highest BCUT2D eigenvalue weighted by atomic mass is 35.5. The average molecular weight is 350 g/mol. The lowest BCUT2D eigenvalue weighted by atomic mass is 9.80. The van der Waals surface area contributed by atoms with Crippen LogP contribution in [-0.4, -0.2) is 0 Å². The van der Waals surface area contributed by atoms with Crippen LogP contribution in [0.25, 0.3) is 0 Å². The van der Waals surface area contributed by atoms with E-state index in [0.717, 1.165) is 5.56 Å². The molecule has 0 saturated carbocycles. The molecule has 0 aromatic heterocycles. The number of rotatable bonds is 4. The second-order valence-electron chi connectivity index (χ2n) is 4.79. The van der Waals surface area contributed by atoms with Crippen LogP contribution in [-0.2, 0) is 0 Å². The van der Waals surface area contributed by atoms with E-state index in [-0.39, 0.29) is 12.3 Å². The van der Waals surface area contributed by atoms with Crippen LogP contribution in [0.3, 0.4) is 0 Å². The van der Waals surface area contributed by atoms with E-state index in [1.807, 2.05) is 12.1 Å². The molecule has 0 bridgehead atoms. The zero-order valence-electron chi connectivity index (χ0n) is 11.4. The lowest BCUT2D eigenvalue weighted by Gasteiger charge is -2.21. The molecule has 0 aliphatic rings. The lowest BCUT2D eigenvalue weighted by Crippen LogP contribution is -2.10. The first-order chi connectivity index (χ1) is 10.6. The molecule has 110 valence electrons. The number of hydrogen-bond acceptors (Lipinski definition) is 2. The molecule has 2 atom stereocenters. The Bertz CT molecular complexity index is 742. The van der Waals surface area contributed by atoms with E-state index in [0.29, 0.717) is 20.6 Å². The summed E-state index contributed by atoms with van der Waals surface area (Å²) in [6.45, 7) is 0. The fourth-order valence-corrected chi connectivity index (χ4v) is 3.02. The van der Waals surface area contributed by atoms with Gasteiger partial charge in [-0.3, -0.25) is 0 Å². The Labute approximate surface area is 144 Å². The highest BCUT2D eigenvalue weighted by Crippen LogP contribution is 2.39. The van der Waals surface area contributed by atoms with Crippen molar-refractivity contribution < 1.29 is 0 Å². The topological polar surface area (TPSA) is 47.6 Å². The van der Waals surface area contributed by atoms with Crippen molar-refractivity contribution in [2.24, 2.45) is 0 Å². The van der Waals surface area contributed by atoms with Gasteiger partial charge in [0, 0.05) is 27.4 Å². The molecule has 2 rings (SSSR count). The maximum Gasteiger partial charge on any atom is 0.0805 e. The van der Waals surface area contributed by atoms with Crippen molar-refractivity contribution in [2.45, 2.75) is 18.3 Å². The van der Waals surface area contributed by atoms with Crippen LogP contribution < -0.4 is 0 Å². The van der Waals surface area contributed by atoms with Crippen LogP contribution in [0, 0.1) is 22.7 Å². The van der Waals surface area contributed by atoms with Gasteiger partial charge in [-0.15, -0.1) is 0 Å². The molecular formula is C17H11Cl3N2. The minimum atomic E-state index is -0.536. The maximum absolute atomic E-state index is 9.61. The maximum atomic E-state index is 9.61. The van der Waals surface area contributed by atoms with Gasteiger partial charge in [0.15, 0.2) is 0 Å². The third kappa shape index (κ3) is 3.73. The number of nitriles is 2. The van der Waals surface area contributed by atoms with Gasteiger partial charge in [-0.05, 0) is 35.4 Å². The summed E-state index contributed by atoms with van der Waals surface area (Å²) >= 11 is 18.0. The lowest BCUT2D eigenvalue weighted by molar-refractivity contribution is 0.641. The van der Waals surface area contributed by atoms with Gasteiger partial charge in [-0.2, -0.15) is 10.5 Å². The molecule has 22 heavy (non-hydrogen) atoms. The van der Waals surface area contributed by atoms with Crippen LogP contribution in [0.1, 0.15) is 29.4 Å². The zero-order valence-corrected chi connectivity index (χ0v) is 13.7. The zero-order chi connectivity index (χ0) is 16.1. The summed E-state index contributed by atoms with van der Waals surface area (Å²) in [5.74, 6) is -0.823. The van der Waals surface area contributed by atoms with Crippen molar-refractivity contribution in [3.05, 3.63) is 68.7 Å². The van der Waals surface area contributed by atoms with Crippen molar-refractivity contribution in [1.82, 2.24) is 0 Å². The second-order valence-corrected chi connectivity index (χ2v) is 6.07. The second kappa shape index (κ2) is 7.52. The Hall–Kier alpha value is -1.71. The molecule has 0 heterocycles. The van der Waals surface area contributed by atoms with Crippen LogP contribution in [0.5, 0.6) is 0 Å². The molecule has 5 heteroatoms. The van der Waals surface area contributed by atoms with E-state index >= 15 is 0 Å². The SMILES string of the molecule is N#CC[C@H](c1ccc(Cl)cc1)[C@H](C#N)c1ccc(Cl)cc1Cl. The number of benzene rings is 2. The smallest absolute Gasteiger partial charge is 0.0805 e. The highest BCUT2D eigenvalue weighted by Gasteiger charge is 2.26. The molecule has 0 radical (unpaired) electrons. The third-order valence-electron chi connectivity index (χ3n) is 3.45. The molecule has 0 unspecified atom stereocenters. The van der Waals surface area contributed by atoms with E-state index in [1.54, 1.807) is 30.3 Å². The molecule has 0 spiro atoms. The van der Waals surface area contributed by atoms with Crippen LogP contribution in [0.15, 0.2) is 42.5 Å². The Morgan fingerprint density at radius 3 is 2.09 bits per heavy atom. The van der Waals surface area contributed by atoms with Gasteiger partial charge < -0.3 is 0 Å². The minimum absolute atomic E-state index is 0.207. The molecule has 2 nitrogen and oxygen atoms in total. The van der Waals surface area contributed by atoms with Crippen LogP contribution in [0.2, 0.25) is 15.1 Å². The molecule has 0 saturated heterocycles. The highest BCUT2D eigenvalue weighted by molar-refractivity contribution is 6.35. The minimum Gasteiger partial charge on any atom is -0.198 e. The van der Waals surface area contributed by atoms with Gasteiger partial charge in [-0.1, -0.05) is 53.0 Å². The van der Waals surface area contributed by atoms with E-state index < -0.39 is 5.92 Å². The first kappa shape index (κ1) is 16.7. The molecule has 0 N–H and O–H groups in total. The number of halogens is 3. The fraction of sp³-hybridized carbons (Fsp3) is 0.176. The fourth-order valence-electron chi connectivity index (χ4n) is 2.37. The van der Waals surface area contributed by atoms with E-state index in [4.69, 9.17) is 40.1 Å². The van der Waals surface area contributed by atoms with E-state index in [2.05, 4.69) is 12.1 Å². The summed E-state index contributed by atoms with van der Waals surface area (Å²) in [7, 11) is 0. The van der Waals surface area contributed by atoms with Gasteiger partial charge in [0.25, 0.3) is 0 Å². The Balaban J connectivity index is 2.47. The summed E-state index contributed by atoms with van der Waals surface area (Å²) < 4.78 is 0. The number of nitrogens with zero attached hydrogens (tertiary/aromatic N) is 2. The molecular weight excluding hydrogens is 339 g/mol. The molecule has 0 aliphatic carbocycles. The van der Waals surface area contributed by atoms with Crippen molar-refractivity contribution in [2.75, 3.05) is 0 Å². The van der Waals surface area contributed by atoms with Crippen molar-refractivity contribution in [1.29, 1.82) is 10.5 Å². The standard InChI is InChI=1S/C17H11Cl3N2/c18-12-3-1-11(2-4-12)14(7-8-21)16(10-22)15-6-5-13(19)9-17(15)20/h1-6,9,14,16H,7H2/t14-,16+/m1/s1. The largest absolute Gasteiger partial charge is 0.198 e. The first-order valence-corrected chi connectivity index (χ1v) is 7.67. The monoisotopic (exact) mass is 348 g/mol. The van der Waals surface area contributed by atoms with Crippen molar-refractivity contribution in [3.8, 4) is 12.1 Å². The van der Waals surface area contributed by atoms with Crippen molar-refractivity contribution in [3.63, 3.8) is 0 Å². The van der Waals surface area contributed by atoms with Gasteiger partial charge in [0.2, 0.25) is 0 Å². The Kier molecular flexibility index (Phi) is 5.69. The predicted molar refractivity (Wildman–Crippen MR) is 89.2 cm³/mol. The Morgan fingerprint density at radius 2 is 1.55 bits per heavy atom. The number of hydrogen-bond donors (Lipinski definition) is 0. The summed E-state index contributed by atoms with van der Waals surface area (Å²) in [6, 6.07) is 16.6. The third-order valence-corrected chi connectivity index (χ3v) is 4.26. The molecule has 0 aliphatic heterocycles. The van der Waals surface area contributed by atoms with Gasteiger partial charge in [0.1, 0.15) is 0 Å². The predicted octanol–water partition coefficient (Wildman–Crippen LogP) is 5.95. The van der Waals surface area contributed by atoms with Crippen molar-refractivity contribution >= 4 is 34.8 Å². The Morgan fingerprint density at radius 1 is 0.909 bits per heavy atom. The molecule has 0 fully saturated rings. The quantitative estimate of drug-likeness (QED) is 0.684. The normalized spacial score (nSPS) is 13.0. The molecule has 2 aromatic carbocycles. The van der Waals surface area contributed by atoms with Crippen LogP contribution in [0.4, 0.5) is 0 Å². The van der Waals surface area contributed by atoms with E-state index in [1.165, 1.54) is 0 Å². The summed E-state index contributed by atoms with van der Waals surface area (Å²) in [4.78, 5) is 0. The molecule has 0 amide bonds. The summed E-state index contributed by atoms with van der Waals surface area (Å²) in [5.41, 5.74) is 1.55. The van der Waals surface area contributed by atoms with E-state index in [9.17, 15) is 5.26 Å². The van der Waals surface area contributed by atoms with Gasteiger partial charge >= 0.3 is 0 Å². The van der Waals surface area contributed by atoms with Crippen LogP contribution >= 0.6 is 34.8 Å². The summed E-state index contributed by atoms with van der Waals surface area (Å²) in [6.07, 6.45) is 0.207. The first-order valence-electron chi connectivity index (χ1n) is 6.53. The summed E-state index contributed by atoms with van der Waals surface area (Å²) in [5, 5.41) is 20.3. The molecule has 2 aromatic rings. The van der Waals surface area contributed by atoms with Gasteiger partial charge in [0.05, 0.1) is 18.1 Å².